The predicted molar refractivity (Wildman–Crippen MR) is 79.6 cm³/mol. The van der Waals surface area contributed by atoms with Gasteiger partial charge >= 0.3 is 0 Å². The summed E-state index contributed by atoms with van der Waals surface area (Å²) in [7, 11) is -1.84. The summed E-state index contributed by atoms with van der Waals surface area (Å²) in [5.41, 5.74) is 5.80. The molecule has 0 spiro atoms. The van der Waals surface area contributed by atoms with Crippen LogP contribution in [0.3, 0.4) is 0 Å². The van der Waals surface area contributed by atoms with E-state index < -0.39 is 27.6 Å². The lowest BCUT2D eigenvalue weighted by molar-refractivity contribution is 0.0542. The van der Waals surface area contributed by atoms with Crippen molar-refractivity contribution in [2.24, 2.45) is 5.73 Å². The number of nitrogens with two attached hydrogens (primary N) is 1. The quantitative estimate of drug-likeness (QED) is 0.910. The Labute approximate surface area is 124 Å². The second kappa shape index (κ2) is 4.99. The van der Waals surface area contributed by atoms with Crippen molar-refractivity contribution in [2.45, 2.75) is 31.9 Å². The third-order valence-corrected chi connectivity index (χ3v) is 4.99. The number of rotatable bonds is 3. The molecule has 21 heavy (non-hydrogen) atoms. The van der Waals surface area contributed by atoms with Crippen LogP contribution in [0, 0.1) is 0 Å². The summed E-state index contributed by atoms with van der Waals surface area (Å²) < 4.78 is 30.9. The van der Waals surface area contributed by atoms with Crippen LogP contribution in [0.25, 0.3) is 0 Å². The number of hydrogen-bond acceptors (Lipinski definition) is 4. The summed E-state index contributed by atoms with van der Waals surface area (Å²) in [5, 5.41) is 0. The Hall–Kier alpha value is -1.60. The first kappa shape index (κ1) is 15.8. The molecule has 1 heterocycles. The molecule has 1 unspecified atom stereocenters. The van der Waals surface area contributed by atoms with Gasteiger partial charge < -0.3 is 10.5 Å². The number of carbonyl (C=O) groups excluding carboxylic acids is 1. The zero-order valence-corrected chi connectivity index (χ0v) is 13.4. The SMILES string of the molecule is CN(C1CC(C)(C)Oc2ccc(C(N)=O)cc21)S(C)(=O)=O. The van der Waals surface area contributed by atoms with E-state index in [9.17, 15) is 13.2 Å². The molecule has 6 nitrogen and oxygen atoms in total. The molecule has 1 amide bonds. The fourth-order valence-corrected chi connectivity index (χ4v) is 3.18. The smallest absolute Gasteiger partial charge is 0.248 e. The molecule has 1 aromatic carbocycles. The van der Waals surface area contributed by atoms with E-state index >= 15 is 0 Å². The van der Waals surface area contributed by atoms with E-state index in [0.717, 1.165) is 6.26 Å². The van der Waals surface area contributed by atoms with Crippen LogP contribution < -0.4 is 10.5 Å². The minimum absolute atomic E-state index is 0.337. The Bertz CT molecular complexity index is 682. The van der Waals surface area contributed by atoms with Gasteiger partial charge in [-0.05, 0) is 32.0 Å². The Morgan fingerprint density at radius 3 is 2.57 bits per heavy atom. The Morgan fingerprint density at radius 1 is 1.43 bits per heavy atom. The van der Waals surface area contributed by atoms with E-state index in [4.69, 9.17) is 10.5 Å². The van der Waals surface area contributed by atoms with Gasteiger partial charge in [-0.3, -0.25) is 4.79 Å². The molecule has 1 aromatic rings. The molecule has 0 fully saturated rings. The number of benzene rings is 1. The molecular formula is C14H20N2O4S. The molecule has 2 rings (SSSR count). The lowest BCUT2D eigenvalue weighted by Crippen LogP contribution is -2.42. The second-order valence-electron chi connectivity index (χ2n) is 5.98. The third kappa shape index (κ3) is 3.19. The van der Waals surface area contributed by atoms with Gasteiger partial charge in [-0.1, -0.05) is 0 Å². The molecule has 0 bridgehead atoms. The minimum atomic E-state index is -3.37. The summed E-state index contributed by atoms with van der Waals surface area (Å²) in [6, 6.07) is 4.47. The second-order valence-corrected chi connectivity index (χ2v) is 8.02. The van der Waals surface area contributed by atoms with E-state index in [1.54, 1.807) is 18.2 Å². The van der Waals surface area contributed by atoms with Gasteiger partial charge in [0.15, 0.2) is 0 Å². The highest BCUT2D eigenvalue weighted by Crippen LogP contribution is 2.43. The molecule has 0 aromatic heterocycles. The standard InChI is InChI=1S/C14H20N2O4S/c1-14(2)8-11(16(3)21(4,18)19)10-7-9(13(15)17)5-6-12(10)20-14/h5-7,11H,8H2,1-4H3,(H2,15,17). The van der Waals surface area contributed by atoms with Gasteiger partial charge in [-0.2, -0.15) is 4.31 Å². The van der Waals surface area contributed by atoms with Crippen LogP contribution in [0.5, 0.6) is 5.75 Å². The number of ether oxygens (including phenoxy) is 1. The molecule has 0 radical (unpaired) electrons. The van der Waals surface area contributed by atoms with E-state index in [2.05, 4.69) is 0 Å². The van der Waals surface area contributed by atoms with Gasteiger partial charge in [-0.25, -0.2) is 8.42 Å². The van der Waals surface area contributed by atoms with E-state index in [0.29, 0.717) is 23.3 Å². The van der Waals surface area contributed by atoms with Gasteiger partial charge in [0.2, 0.25) is 15.9 Å². The number of amides is 1. The van der Waals surface area contributed by atoms with E-state index in [-0.39, 0.29) is 0 Å². The first-order valence-corrected chi connectivity index (χ1v) is 8.42. The lowest BCUT2D eigenvalue weighted by Gasteiger charge is -2.40. The summed E-state index contributed by atoms with van der Waals surface area (Å²) >= 11 is 0. The third-order valence-electron chi connectivity index (χ3n) is 3.69. The normalized spacial score (nSPS) is 20.7. The van der Waals surface area contributed by atoms with Crippen molar-refractivity contribution in [1.82, 2.24) is 4.31 Å². The molecule has 1 atom stereocenters. The molecular weight excluding hydrogens is 292 g/mol. The van der Waals surface area contributed by atoms with E-state index in [1.165, 1.54) is 11.4 Å². The lowest BCUT2D eigenvalue weighted by atomic mass is 9.89. The molecule has 116 valence electrons. The molecule has 0 aliphatic carbocycles. The highest BCUT2D eigenvalue weighted by Gasteiger charge is 2.38. The number of fused-ring (bicyclic) bond motifs is 1. The summed E-state index contributed by atoms with van der Waals surface area (Å²) in [5.74, 6) is 0.0279. The first-order chi connectivity index (χ1) is 9.51. The van der Waals surface area contributed by atoms with Crippen molar-refractivity contribution < 1.29 is 17.9 Å². The Kier molecular flexibility index (Phi) is 3.75. The number of hydrogen-bond donors (Lipinski definition) is 1. The van der Waals surface area contributed by atoms with Gasteiger partial charge in [0.25, 0.3) is 0 Å². The fourth-order valence-electron chi connectivity index (χ4n) is 2.53. The Balaban J connectivity index is 2.57. The number of nitrogens with zero attached hydrogens (tertiary/aromatic N) is 1. The number of primary amides is 1. The minimum Gasteiger partial charge on any atom is -0.487 e. The highest BCUT2D eigenvalue weighted by atomic mass is 32.2. The summed E-state index contributed by atoms with van der Waals surface area (Å²) in [4.78, 5) is 11.3. The van der Waals surface area contributed by atoms with Gasteiger partial charge in [-0.15, -0.1) is 0 Å². The molecule has 1 aliphatic heterocycles. The van der Waals surface area contributed by atoms with E-state index in [1.807, 2.05) is 13.8 Å². The van der Waals surface area contributed by atoms with Crippen LogP contribution in [-0.4, -0.2) is 37.5 Å². The van der Waals surface area contributed by atoms with Crippen LogP contribution in [0.15, 0.2) is 18.2 Å². The van der Waals surface area contributed by atoms with Crippen molar-refractivity contribution in [3.8, 4) is 5.75 Å². The number of carbonyl (C=O) groups is 1. The molecule has 2 N–H and O–H groups in total. The Morgan fingerprint density at radius 2 is 2.05 bits per heavy atom. The summed E-state index contributed by atoms with van der Waals surface area (Å²) in [6.07, 6.45) is 1.65. The predicted octanol–water partition coefficient (Wildman–Crippen LogP) is 1.28. The van der Waals surface area contributed by atoms with Crippen LogP contribution >= 0.6 is 0 Å². The maximum Gasteiger partial charge on any atom is 0.248 e. The van der Waals surface area contributed by atoms with Crippen molar-refractivity contribution in [1.29, 1.82) is 0 Å². The van der Waals surface area contributed by atoms with Crippen molar-refractivity contribution in [3.05, 3.63) is 29.3 Å². The zero-order valence-electron chi connectivity index (χ0n) is 12.6. The van der Waals surface area contributed by atoms with Crippen LogP contribution in [0.4, 0.5) is 0 Å². The first-order valence-electron chi connectivity index (χ1n) is 6.57. The highest BCUT2D eigenvalue weighted by molar-refractivity contribution is 7.88. The average Bonchev–Trinajstić information content (AvgIpc) is 2.34. The number of sulfonamides is 1. The van der Waals surface area contributed by atoms with Crippen LogP contribution in [0.1, 0.15) is 42.2 Å². The van der Waals surface area contributed by atoms with Crippen molar-refractivity contribution in [2.75, 3.05) is 13.3 Å². The summed E-state index contributed by atoms with van der Waals surface area (Å²) in [6.45, 7) is 3.81. The molecule has 1 aliphatic rings. The molecule has 0 saturated carbocycles. The van der Waals surface area contributed by atoms with Crippen LogP contribution in [-0.2, 0) is 10.0 Å². The fraction of sp³-hybridized carbons (Fsp3) is 0.500. The molecule has 7 heteroatoms. The zero-order chi connectivity index (χ0) is 16.0. The van der Waals surface area contributed by atoms with Crippen molar-refractivity contribution >= 4 is 15.9 Å². The maximum atomic E-state index is 11.9. The van der Waals surface area contributed by atoms with Gasteiger partial charge in [0.05, 0.1) is 12.3 Å². The van der Waals surface area contributed by atoms with Crippen LogP contribution in [0.2, 0.25) is 0 Å². The monoisotopic (exact) mass is 312 g/mol. The van der Waals surface area contributed by atoms with Gasteiger partial charge in [0.1, 0.15) is 11.4 Å². The topological polar surface area (TPSA) is 89.7 Å². The largest absolute Gasteiger partial charge is 0.487 e. The average molecular weight is 312 g/mol. The van der Waals surface area contributed by atoms with Crippen molar-refractivity contribution in [3.63, 3.8) is 0 Å². The van der Waals surface area contributed by atoms with Gasteiger partial charge in [0, 0.05) is 24.6 Å². The maximum absolute atomic E-state index is 11.9. The molecule has 0 saturated heterocycles.